The first-order chi connectivity index (χ1) is 4.93. The smallest absolute Gasteiger partial charge is 0.0814 e. The predicted molar refractivity (Wildman–Crippen MR) is 40.9 cm³/mol. The van der Waals surface area contributed by atoms with Gasteiger partial charge in [-0.15, -0.1) is 0 Å². The summed E-state index contributed by atoms with van der Waals surface area (Å²) in [5.41, 5.74) is 0. The molecule has 60 valence electrons. The van der Waals surface area contributed by atoms with Gasteiger partial charge in [0.1, 0.15) is 0 Å². The molecule has 1 aliphatic rings. The molecule has 0 unspecified atom stereocenters. The van der Waals surface area contributed by atoms with E-state index in [0.29, 0.717) is 6.17 Å². The van der Waals surface area contributed by atoms with Gasteiger partial charge >= 0.3 is 0 Å². The SMILES string of the molecule is CCCN[C@H]1COCCN1. The highest BCUT2D eigenvalue weighted by Crippen LogP contribution is 1.88. The van der Waals surface area contributed by atoms with Crippen LogP contribution in [-0.4, -0.2) is 32.5 Å². The van der Waals surface area contributed by atoms with Crippen molar-refractivity contribution in [2.24, 2.45) is 0 Å². The third-order valence-corrected chi connectivity index (χ3v) is 1.56. The van der Waals surface area contributed by atoms with Gasteiger partial charge in [-0.2, -0.15) is 0 Å². The Morgan fingerprint density at radius 1 is 1.70 bits per heavy atom. The zero-order chi connectivity index (χ0) is 7.23. The molecule has 1 saturated heterocycles. The van der Waals surface area contributed by atoms with Gasteiger partial charge in [-0.1, -0.05) is 6.92 Å². The maximum absolute atomic E-state index is 5.25. The fraction of sp³-hybridized carbons (Fsp3) is 1.00. The Hall–Kier alpha value is -0.120. The van der Waals surface area contributed by atoms with E-state index in [0.717, 1.165) is 26.3 Å². The van der Waals surface area contributed by atoms with Crippen molar-refractivity contribution in [2.45, 2.75) is 19.5 Å². The monoisotopic (exact) mass is 144 g/mol. The van der Waals surface area contributed by atoms with Crippen molar-refractivity contribution in [1.29, 1.82) is 0 Å². The van der Waals surface area contributed by atoms with Crippen LogP contribution in [0.2, 0.25) is 0 Å². The minimum absolute atomic E-state index is 0.383. The van der Waals surface area contributed by atoms with Gasteiger partial charge in [0, 0.05) is 6.54 Å². The molecule has 0 saturated carbocycles. The highest BCUT2D eigenvalue weighted by Gasteiger charge is 2.09. The summed E-state index contributed by atoms with van der Waals surface area (Å²) >= 11 is 0. The highest BCUT2D eigenvalue weighted by atomic mass is 16.5. The standard InChI is InChI=1S/C7H16N2O/c1-2-3-8-7-6-10-5-4-9-7/h7-9H,2-6H2,1H3/t7-/m1/s1. The highest BCUT2D eigenvalue weighted by molar-refractivity contribution is 4.66. The van der Waals surface area contributed by atoms with Crippen LogP contribution in [0, 0.1) is 0 Å². The molecule has 1 heterocycles. The van der Waals surface area contributed by atoms with E-state index in [1.807, 2.05) is 0 Å². The van der Waals surface area contributed by atoms with Gasteiger partial charge in [0.15, 0.2) is 0 Å². The Morgan fingerprint density at radius 2 is 2.60 bits per heavy atom. The molecule has 0 bridgehead atoms. The van der Waals surface area contributed by atoms with Crippen molar-refractivity contribution < 1.29 is 4.74 Å². The molecule has 1 fully saturated rings. The summed E-state index contributed by atoms with van der Waals surface area (Å²) in [5, 5.41) is 6.65. The van der Waals surface area contributed by atoms with Gasteiger partial charge in [0.2, 0.25) is 0 Å². The average molecular weight is 144 g/mol. The Bertz CT molecular complexity index is 81.7. The van der Waals surface area contributed by atoms with Crippen molar-refractivity contribution in [3.05, 3.63) is 0 Å². The van der Waals surface area contributed by atoms with Crippen LogP contribution in [0.3, 0.4) is 0 Å². The van der Waals surface area contributed by atoms with Gasteiger partial charge in [0.25, 0.3) is 0 Å². The summed E-state index contributed by atoms with van der Waals surface area (Å²) in [5.74, 6) is 0. The zero-order valence-electron chi connectivity index (χ0n) is 6.52. The molecule has 0 aromatic heterocycles. The molecule has 3 nitrogen and oxygen atoms in total. The quantitative estimate of drug-likeness (QED) is 0.582. The summed E-state index contributed by atoms with van der Waals surface area (Å²) in [6.07, 6.45) is 1.56. The summed E-state index contributed by atoms with van der Waals surface area (Å²) in [4.78, 5) is 0. The van der Waals surface area contributed by atoms with E-state index in [1.165, 1.54) is 6.42 Å². The topological polar surface area (TPSA) is 33.3 Å². The van der Waals surface area contributed by atoms with Crippen LogP contribution in [0.25, 0.3) is 0 Å². The van der Waals surface area contributed by atoms with Crippen LogP contribution in [0.5, 0.6) is 0 Å². The number of ether oxygens (including phenoxy) is 1. The fourth-order valence-electron chi connectivity index (χ4n) is 1.02. The van der Waals surface area contributed by atoms with E-state index in [-0.39, 0.29) is 0 Å². The second-order valence-electron chi connectivity index (χ2n) is 2.54. The molecular formula is C7H16N2O. The lowest BCUT2D eigenvalue weighted by Gasteiger charge is -2.24. The Morgan fingerprint density at radius 3 is 3.20 bits per heavy atom. The average Bonchev–Trinajstić information content (AvgIpc) is 2.03. The van der Waals surface area contributed by atoms with E-state index in [9.17, 15) is 0 Å². The van der Waals surface area contributed by atoms with Gasteiger partial charge < -0.3 is 4.74 Å². The largest absolute Gasteiger partial charge is 0.377 e. The second-order valence-corrected chi connectivity index (χ2v) is 2.54. The minimum atomic E-state index is 0.383. The van der Waals surface area contributed by atoms with E-state index in [1.54, 1.807) is 0 Å². The molecule has 10 heavy (non-hydrogen) atoms. The summed E-state index contributed by atoms with van der Waals surface area (Å²) in [6, 6.07) is 0. The molecule has 0 amide bonds. The Balaban J connectivity index is 2.02. The molecule has 0 aliphatic carbocycles. The van der Waals surface area contributed by atoms with Crippen molar-refractivity contribution in [2.75, 3.05) is 26.3 Å². The van der Waals surface area contributed by atoms with Crippen LogP contribution in [0.1, 0.15) is 13.3 Å². The van der Waals surface area contributed by atoms with Crippen molar-refractivity contribution in [1.82, 2.24) is 10.6 Å². The van der Waals surface area contributed by atoms with E-state index >= 15 is 0 Å². The summed E-state index contributed by atoms with van der Waals surface area (Å²) in [7, 11) is 0. The van der Waals surface area contributed by atoms with E-state index in [2.05, 4.69) is 17.6 Å². The molecule has 1 atom stereocenters. The van der Waals surface area contributed by atoms with E-state index in [4.69, 9.17) is 4.74 Å². The number of nitrogens with one attached hydrogen (secondary N) is 2. The van der Waals surface area contributed by atoms with Crippen LogP contribution < -0.4 is 10.6 Å². The number of rotatable bonds is 3. The third kappa shape index (κ3) is 2.64. The first-order valence-electron chi connectivity index (χ1n) is 3.98. The molecule has 0 aromatic rings. The molecular weight excluding hydrogens is 128 g/mol. The lowest BCUT2D eigenvalue weighted by Crippen LogP contribution is -2.50. The number of hydrogen-bond donors (Lipinski definition) is 2. The minimum Gasteiger partial charge on any atom is -0.377 e. The van der Waals surface area contributed by atoms with Crippen LogP contribution >= 0.6 is 0 Å². The first kappa shape index (κ1) is 7.98. The molecule has 0 spiro atoms. The maximum atomic E-state index is 5.25. The molecule has 3 heteroatoms. The first-order valence-corrected chi connectivity index (χ1v) is 3.98. The van der Waals surface area contributed by atoms with Crippen molar-refractivity contribution >= 4 is 0 Å². The molecule has 0 radical (unpaired) electrons. The van der Waals surface area contributed by atoms with Gasteiger partial charge in [-0.05, 0) is 13.0 Å². The molecule has 0 aromatic carbocycles. The normalized spacial score (nSPS) is 26.7. The van der Waals surface area contributed by atoms with Crippen LogP contribution in [0.15, 0.2) is 0 Å². The van der Waals surface area contributed by atoms with Gasteiger partial charge in [0.05, 0.1) is 19.4 Å². The Kier molecular flexibility index (Phi) is 3.72. The van der Waals surface area contributed by atoms with Crippen LogP contribution in [-0.2, 0) is 4.74 Å². The molecule has 1 rings (SSSR count). The maximum Gasteiger partial charge on any atom is 0.0814 e. The summed E-state index contributed by atoms with van der Waals surface area (Å²) < 4.78 is 5.25. The van der Waals surface area contributed by atoms with Crippen LogP contribution in [0.4, 0.5) is 0 Å². The lowest BCUT2D eigenvalue weighted by atomic mass is 10.4. The van der Waals surface area contributed by atoms with E-state index < -0.39 is 0 Å². The second kappa shape index (κ2) is 4.66. The number of morpholine rings is 1. The van der Waals surface area contributed by atoms with Crippen molar-refractivity contribution in [3.8, 4) is 0 Å². The van der Waals surface area contributed by atoms with Gasteiger partial charge in [-0.25, -0.2) is 0 Å². The third-order valence-electron chi connectivity index (χ3n) is 1.56. The molecule has 1 aliphatic heterocycles. The van der Waals surface area contributed by atoms with Gasteiger partial charge in [-0.3, -0.25) is 10.6 Å². The lowest BCUT2D eigenvalue weighted by molar-refractivity contribution is 0.0660. The molecule has 2 N–H and O–H groups in total. The Labute approximate surface area is 62.1 Å². The zero-order valence-corrected chi connectivity index (χ0v) is 6.52. The fourth-order valence-corrected chi connectivity index (χ4v) is 1.02. The predicted octanol–water partition coefficient (Wildman–Crippen LogP) is -0.0681. The summed E-state index contributed by atoms with van der Waals surface area (Å²) in [6.45, 7) is 5.86. The van der Waals surface area contributed by atoms with Crippen molar-refractivity contribution in [3.63, 3.8) is 0 Å². The number of hydrogen-bond acceptors (Lipinski definition) is 3.